The summed E-state index contributed by atoms with van der Waals surface area (Å²) in [7, 11) is 0. The molecule has 0 heterocycles. The lowest BCUT2D eigenvalue weighted by atomic mass is 9.83. The first-order chi connectivity index (χ1) is 18.5. The number of benzene rings is 7. The number of hydrogen-bond donors (Lipinski definition) is 0. The minimum absolute atomic E-state index is 0.438. The van der Waals surface area contributed by atoms with E-state index in [9.17, 15) is 0 Å². The molecule has 0 saturated carbocycles. The summed E-state index contributed by atoms with van der Waals surface area (Å²) in [5, 5.41) is 10.9. The van der Waals surface area contributed by atoms with E-state index < -0.39 is 0 Å². The van der Waals surface area contributed by atoms with Crippen LogP contribution in [-0.2, 0) is 0 Å². The quantitative estimate of drug-likeness (QED) is 0.216. The van der Waals surface area contributed by atoms with Crippen LogP contribution in [0.4, 0.5) is 0 Å². The van der Waals surface area contributed by atoms with Crippen LogP contribution in [0.5, 0.6) is 0 Å². The molecular weight excluding hydrogens is 456 g/mol. The normalized spacial score (nSPS) is 12.2. The minimum atomic E-state index is 0.438. The lowest BCUT2D eigenvalue weighted by molar-refractivity contribution is 0.876. The molecule has 0 atom stereocenters. The Labute approximate surface area is 224 Å². The number of rotatable bonds is 4. The molecule has 0 nitrogen and oxygen atoms in total. The summed E-state index contributed by atoms with van der Waals surface area (Å²) in [4.78, 5) is 0. The van der Waals surface area contributed by atoms with Crippen molar-refractivity contribution in [3.05, 3.63) is 120 Å². The van der Waals surface area contributed by atoms with E-state index in [-0.39, 0.29) is 0 Å². The summed E-state index contributed by atoms with van der Waals surface area (Å²) in [6, 6.07) is 41.0. The van der Waals surface area contributed by atoms with E-state index in [1.807, 2.05) is 0 Å². The third-order valence-corrected chi connectivity index (χ3v) is 8.35. The molecule has 0 heteroatoms. The molecule has 7 aromatic carbocycles. The van der Waals surface area contributed by atoms with Gasteiger partial charge in [-0.3, -0.25) is 0 Å². The van der Waals surface area contributed by atoms with Crippen molar-refractivity contribution in [3.8, 4) is 22.3 Å². The first kappa shape index (κ1) is 23.0. The summed E-state index contributed by atoms with van der Waals surface area (Å²) in [6.45, 7) is 9.25. The fourth-order valence-corrected chi connectivity index (χ4v) is 6.39. The highest BCUT2D eigenvalue weighted by Crippen LogP contribution is 2.44. The Morgan fingerprint density at radius 2 is 1.00 bits per heavy atom. The molecule has 7 rings (SSSR count). The first-order valence-corrected chi connectivity index (χ1v) is 13.8. The monoisotopic (exact) mass is 488 g/mol. The minimum Gasteiger partial charge on any atom is -0.0622 e. The van der Waals surface area contributed by atoms with Gasteiger partial charge in [-0.25, -0.2) is 0 Å². The van der Waals surface area contributed by atoms with Gasteiger partial charge in [0.2, 0.25) is 0 Å². The second-order valence-corrected chi connectivity index (χ2v) is 11.4. The number of fused-ring (bicyclic) bond motifs is 1. The first-order valence-electron chi connectivity index (χ1n) is 13.8. The van der Waals surface area contributed by atoms with Crippen LogP contribution < -0.4 is 0 Å². The van der Waals surface area contributed by atoms with Crippen LogP contribution >= 0.6 is 0 Å². The average Bonchev–Trinajstić information content (AvgIpc) is 2.95. The highest BCUT2D eigenvalue weighted by molar-refractivity contribution is 6.27. The maximum Gasteiger partial charge on any atom is -0.00176 e. The summed E-state index contributed by atoms with van der Waals surface area (Å²) < 4.78 is 0. The van der Waals surface area contributed by atoms with Gasteiger partial charge in [-0.05, 0) is 107 Å². The van der Waals surface area contributed by atoms with Crippen LogP contribution in [0.2, 0.25) is 0 Å². The summed E-state index contributed by atoms with van der Waals surface area (Å²) in [6.07, 6.45) is 0. The zero-order valence-corrected chi connectivity index (χ0v) is 22.5. The molecule has 0 radical (unpaired) electrons. The summed E-state index contributed by atoms with van der Waals surface area (Å²) >= 11 is 0. The van der Waals surface area contributed by atoms with Crippen molar-refractivity contribution in [2.75, 3.05) is 0 Å². The third kappa shape index (κ3) is 3.51. The SMILES string of the molecule is CC(C)c1ccc2ccc3c(C(C)C)cc(-c4ccc5ccc(-c6ccccc6)cc5c4)c4ccc1c2c43. The van der Waals surface area contributed by atoms with Crippen LogP contribution in [0, 0.1) is 0 Å². The molecule has 0 spiro atoms. The van der Waals surface area contributed by atoms with Crippen LogP contribution in [0.1, 0.15) is 50.7 Å². The molecule has 0 aliphatic rings. The Hall–Kier alpha value is -4.16. The highest BCUT2D eigenvalue weighted by Gasteiger charge is 2.19. The average molecular weight is 489 g/mol. The van der Waals surface area contributed by atoms with Gasteiger partial charge in [-0.1, -0.05) is 119 Å². The van der Waals surface area contributed by atoms with Crippen molar-refractivity contribution >= 4 is 43.1 Å². The van der Waals surface area contributed by atoms with Crippen molar-refractivity contribution in [1.82, 2.24) is 0 Å². The highest BCUT2D eigenvalue weighted by atomic mass is 14.2. The zero-order valence-electron chi connectivity index (χ0n) is 22.5. The number of hydrogen-bond acceptors (Lipinski definition) is 0. The van der Waals surface area contributed by atoms with Gasteiger partial charge in [-0.2, -0.15) is 0 Å². The third-order valence-electron chi connectivity index (χ3n) is 8.35. The van der Waals surface area contributed by atoms with Gasteiger partial charge in [0.1, 0.15) is 0 Å². The van der Waals surface area contributed by atoms with Crippen molar-refractivity contribution in [1.29, 1.82) is 0 Å². The van der Waals surface area contributed by atoms with Crippen molar-refractivity contribution in [2.45, 2.75) is 39.5 Å². The van der Waals surface area contributed by atoms with Crippen LogP contribution in [0.3, 0.4) is 0 Å². The summed E-state index contributed by atoms with van der Waals surface area (Å²) in [5.74, 6) is 0.927. The second-order valence-electron chi connectivity index (χ2n) is 11.4. The van der Waals surface area contributed by atoms with Crippen LogP contribution in [-0.4, -0.2) is 0 Å². The predicted octanol–water partition coefficient (Wildman–Crippen LogP) is 11.3. The van der Waals surface area contributed by atoms with Gasteiger partial charge in [0, 0.05) is 0 Å². The van der Waals surface area contributed by atoms with Gasteiger partial charge in [0.25, 0.3) is 0 Å². The largest absolute Gasteiger partial charge is 0.0622 e. The Bertz CT molecular complexity index is 1950. The lowest BCUT2D eigenvalue weighted by Crippen LogP contribution is -1.97. The molecular formula is C38H32. The Morgan fingerprint density at radius 3 is 1.76 bits per heavy atom. The smallest absolute Gasteiger partial charge is 0.00176 e. The molecule has 7 aromatic rings. The van der Waals surface area contributed by atoms with Crippen LogP contribution in [0.25, 0.3) is 65.3 Å². The molecule has 0 amide bonds. The molecule has 0 aromatic heterocycles. The van der Waals surface area contributed by atoms with Crippen LogP contribution in [0.15, 0.2) is 109 Å². The topological polar surface area (TPSA) is 0 Å². The van der Waals surface area contributed by atoms with Gasteiger partial charge in [0.05, 0.1) is 0 Å². The van der Waals surface area contributed by atoms with E-state index in [0.717, 1.165) is 0 Å². The second kappa shape index (κ2) is 8.71. The maximum atomic E-state index is 2.46. The fraction of sp³-hybridized carbons (Fsp3) is 0.158. The van der Waals surface area contributed by atoms with Gasteiger partial charge >= 0.3 is 0 Å². The Balaban J connectivity index is 1.53. The van der Waals surface area contributed by atoms with Crippen molar-refractivity contribution < 1.29 is 0 Å². The molecule has 0 N–H and O–H groups in total. The molecule has 0 aliphatic carbocycles. The maximum absolute atomic E-state index is 2.46. The van der Waals surface area contributed by atoms with E-state index in [4.69, 9.17) is 0 Å². The lowest BCUT2D eigenvalue weighted by Gasteiger charge is -2.21. The van der Waals surface area contributed by atoms with Gasteiger partial charge in [0.15, 0.2) is 0 Å². The standard InChI is InChI=1S/C38H32/c1-23(2)31-16-14-27-15-17-33-35(24(3)4)22-36(34-19-18-32(31)37(27)38(33)34)29-13-11-26-10-12-28(20-30(26)21-29)25-8-6-5-7-9-25/h5-24H,1-4H3. The van der Waals surface area contributed by atoms with E-state index in [0.29, 0.717) is 11.8 Å². The van der Waals surface area contributed by atoms with E-state index in [1.165, 1.54) is 76.5 Å². The van der Waals surface area contributed by atoms with E-state index in [1.54, 1.807) is 0 Å². The van der Waals surface area contributed by atoms with Crippen molar-refractivity contribution in [2.24, 2.45) is 0 Å². The molecule has 0 aliphatic heterocycles. The molecule has 0 saturated heterocycles. The molecule has 38 heavy (non-hydrogen) atoms. The summed E-state index contributed by atoms with van der Waals surface area (Å²) in [5.41, 5.74) is 7.99. The van der Waals surface area contributed by atoms with E-state index in [2.05, 4.69) is 137 Å². The molecule has 184 valence electrons. The van der Waals surface area contributed by atoms with E-state index >= 15 is 0 Å². The molecule has 0 bridgehead atoms. The van der Waals surface area contributed by atoms with Gasteiger partial charge < -0.3 is 0 Å². The van der Waals surface area contributed by atoms with Gasteiger partial charge in [-0.15, -0.1) is 0 Å². The molecule has 0 fully saturated rings. The molecule has 0 unspecified atom stereocenters. The van der Waals surface area contributed by atoms with Crippen molar-refractivity contribution in [3.63, 3.8) is 0 Å². The zero-order chi connectivity index (χ0) is 26.0. The predicted molar refractivity (Wildman–Crippen MR) is 167 cm³/mol. The Kier molecular flexibility index (Phi) is 5.27. The fourth-order valence-electron chi connectivity index (χ4n) is 6.39. The Morgan fingerprint density at radius 1 is 0.395 bits per heavy atom.